The molecule has 0 radical (unpaired) electrons. The van der Waals surface area contributed by atoms with Crippen LogP contribution in [0.5, 0.6) is 0 Å². The van der Waals surface area contributed by atoms with Crippen LogP contribution in [0.15, 0.2) is 24.4 Å². The number of carbonyl (C=O) groups is 1. The molecule has 0 aliphatic carbocycles. The van der Waals surface area contributed by atoms with Crippen LogP contribution in [0.25, 0.3) is 0 Å². The van der Waals surface area contributed by atoms with Crippen LogP contribution >= 0.6 is 11.6 Å². The Balaban J connectivity index is 2.44. The highest BCUT2D eigenvalue weighted by molar-refractivity contribution is 6.29. The summed E-state index contributed by atoms with van der Waals surface area (Å²) in [4.78, 5) is 18.0. The van der Waals surface area contributed by atoms with E-state index >= 15 is 0 Å². The summed E-state index contributed by atoms with van der Waals surface area (Å²) in [5.41, 5.74) is 0.691. The molecule has 4 nitrogen and oxygen atoms in total. The summed E-state index contributed by atoms with van der Waals surface area (Å²) in [7, 11) is 0. The van der Waals surface area contributed by atoms with Crippen molar-refractivity contribution in [3.8, 4) is 0 Å². The highest BCUT2D eigenvalue weighted by atomic mass is 35.5. The summed E-state index contributed by atoms with van der Waals surface area (Å²) in [6.07, 6.45) is 3.93. The van der Waals surface area contributed by atoms with Crippen LogP contribution in [0.3, 0.4) is 0 Å². The molecule has 0 saturated carbocycles. The van der Waals surface area contributed by atoms with Crippen LogP contribution in [-0.4, -0.2) is 16.9 Å². The molecule has 96 valence electrons. The average Bonchev–Trinajstić information content (AvgIpc) is 2.30. The van der Waals surface area contributed by atoms with E-state index in [0.717, 1.165) is 0 Å². The third-order valence-corrected chi connectivity index (χ3v) is 2.98. The zero-order valence-corrected chi connectivity index (χ0v) is 11.4. The van der Waals surface area contributed by atoms with E-state index in [1.165, 1.54) is 0 Å². The number of nitrogens with one attached hydrogen (secondary N) is 1. The van der Waals surface area contributed by atoms with Crippen molar-refractivity contribution in [2.75, 3.05) is 10.2 Å². The number of hydrogen-bond donors (Lipinski definition) is 1. The van der Waals surface area contributed by atoms with Crippen molar-refractivity contribution in [1.82, 2.24) is 4.98 Å². The predicted molar refractivity (Wildman–Crippen MR) is 73.8 cm³/mol. The number of carbonyl (C=O) groups excluding carboxylic acids is 1. The van der Waals surface area contributed by atoms with E-state index in [-0.39, 0.29) is 11.9 Å². The fourth-order valence-corrected chi connectivity index (χ4v) is 1.87. The van der Waals surface area contributed by atoms with Crippen LogP contribution < -0.4 is 10.2 Å². The Labute approximate surface area is 112 Å². The van der Waals surface area contributed by atoms with Gasteiger partial charge in [-0.3, -0.25) is 4.79 Å². The number of aromatic nitrogens is 1. The molecule has 0 saturated heterocycles. The van der Waals surface area contributed by atoms with Crippen LogP contribution in [0.4, 0.5) is 11.5 Å². The van der Waals surface area contributed by atoms with Gasteiger partial charge in [0.15, 0.2) is 5.82 Å². The van der Waals surface area contributed by atoms with E-state index in [9.17, 15) is 4.79 Å². The molecule has 18 heavy (non-hydrogen) atoms. The first kappa shape index (κ1) is 12.9. The van der Waals surface area contributed by atoms with Crippen LogP contribution in [-0.2, 0) is 4.79 Å². The lowest BCUT2D eigenvalue weighted by atomic mass is 10.1. The van der Waals surface area contributed by atoms with Crippen LogP contribution in [0.2, 0.25) is 5.15 Å². The lowest BCUT2D eigenvalue weighted by Gasteiger charge is -2.32. The van der Waals surface area contributed by atoms with Gasteiger partial charge in [0.05, 0.1) is 5.69 Å². The summed E-state index contributed by atoms with van der Waals surface area (Å²) >= 11 is 5.91. The minimum absolute atomic E-state index is 0.0416. The maximum atomic E-state index is 11.8. The summed E-state index contributed by atoms with van der Waals surface area (Å²) in [6, 6.07) is 3.14. The van der Waals surface area contributed by atoms with E-state index in [4.69, 9.17) is 11.6 Å². The number of rotatable bonds is 2. The number of hydrogen-bond acceptors (Lipinski definition) is 3. The van der Waals surface area contributed by atoms with Crippen molar-refractivity contribution in [3.05, 3.63) is 29.6 Å². The van der Waals surface area contributed by atoms with Crippen LogP contribution in [0.1, 0.15) is 20.8 Å². The number of halogens is 1. The van der Waals surface area contributed by atoms with Gasteiger partial charge in [-0.05, 0) is 25.0 Å². The normalized spacial score (nSPS) is 19.3. The molecule has 1 aliphatic rings. The van der Waals surface area contributed by atoms with Crippen LogP contribution in [0, 0.1) is 5.92 Å². The average molecular weight is 266 g/mol. The van der Waals surface area contributed by atoms with Crippen molar-refractivity contribution in [2.45, 2.75) is 26.8 Å². The number of fused-ring (bicyclic) bond motifs is 1. The second kappa shape index (κ2) is 4.98. The van der Waals surface area contributed by atoms with E-state index in [0.29, 0.717) is 22.6 Å². The van der Waals surface area contributed by atoms with E-state index < -0.39 is 0 Å². The second-order valence-electron chi connectivity index (χ2n) is 4.66. The zero-order chi connectivity index (χ0) is 13.3. The molecule has 1 aromatic heterocycles. The van der Waals surface area contributed by atoms with Gasteiger partial charge >= 0.3 is 0 Å². The Bertz CT molecular complexity index is 499. The van der Waals surface area contributed by atoms with Gasteiger partial charge in [-0.25, -0.2) is 4.98 Å². The molecule has 0 spiro atoms. The second-order valence-corrected chi connectivity index (χ2v) is 5.05. The van der Waals surface area contributed by atoms with Crippen molar-refractivity contribution < 1.29 is 4.79 Å². The molecule has 2 rings (SSSR count). The molecule has 1 aliphatic heterocycles. The lowest BCUT2D eigenvalue weighted by Crippen LogP contribution is -2.43. The summed E-state index contributed by atoms with van der Waals surface area (Å²) in [6.45, 7) is 6.00. The molecule has 1 N–H and O–H groups in total. The number of anilines is 2. The number of nitrogens with zero attached hydrogens (tertiary/aromatic N) is 2. The van der Waals surface area contributed by atoms with Gasteiger partial charge in [0, 0.05) is 6.20 Å². The van der Waals surface area contributed by atoms with Gasteiger partial charge in [0.1, 0.15) is 11.2 Å². The molecule has 1 aromatic rings. The van der Waals surface area contributed by atoms with Crippen molar-refractivity contribution in [2.24, 2.45) is 5.92 Å². The zero-order valence-electron chi connectivity index (χ0n) is 10.6. The third-order valence-electron chi connectivity index (χ3n) is 2.77. The summed E-state index contributed by atoms with van der Waals surface area (Å²) in [5.74, 6) is 1.05. The van der Waals surface area contributed by atoms with Gasteiger partial charge in [0.2, 0.25) is 5.91 Å². The smallest absolute Gasteiger partial charge is 0.247 e. The van der Waals surface area contributed by atoms with Gasteiger partial charge < -0.3 is 10.2 Å². The van der Waals surface area contributed by atoms with Gasteiger partial charge in [-0.1, -0.05) is 31.5 Å². The number of allylic oxidation sites excluding steroid dienone is 1. The van der Waals surface area contributed by atoms with Crippen molar-refractivity contribution >= 4 is 29.0 Å². The van der Waals surface area contributed by atoms with Crippen molar-refractivity contribution in [1.29, 1.82) is 0 Å². The monoisotopic (exact) mass is 265 g/mol. The Morgan fingerprint density at radius 1 is 1.50 bits per heavy atom. The molecule has 0 bridgehead atoms. The van der Waals surface area contributed by atoms with E-state index in [1.54, 1.807) is 12.1 Å². The number of amides is 1. The minimum atomic E-state index is -0.293. The fourth-order valence-electron chi connectivity index (χ4n) is 1.73. The topological polar surface area (TPSA) is 45.2 Å². The van der Waals surface area contributed by atoms with E-state index in [2.05, 4.69) is 24.1 Å². The third kappa shape index (κ3) is 2.48. The Kier molecular flexibility index (Phi) is 3.57. The maximum Gasteiger partial charge on any atom is 0.247 e. The first-order valence-corrected chi connectivity index (χ1v) is 6.31. The Morgan fingerprint density at radius 3 is 2.89 bits per heavy atom. The first-order chi connectivity index (χ1) is 8.49. The van der Waals surface area contributed by atoms with Gasteiger partial charge in [0.25, 0.3) is 0 Å². The molecule has 0 aromatic carbocycles. The van der Waals surface area contributed by atoms with Crippen molar-refractivity contribution in [3.63, 3.8) is 0 Å². The SMILES string of the molecule is CC(C)/C=C\N1c2nc(Cl)ccc2NC(=O)[C@@H]1C. The number of pyridine rings is 1. The fraction of sp³-hybridized carbons (Fsp3) is 0.385. The standard InChI is InChI=1S/C13H16ClN3O/c1-8(2)6-7-17-9(3)13(18)15-10-4-5-11(14)16-12(10)17/h4-9H,1-3H3,(H,15,18)/b7-6-/t9-/m0/s1. The van der Waals surface area contributed by atoms with Gasteiger partial charge in [-0.2, -0.15) is 0 Å². The highest BCUT2D eigenvalue weighted by Crippen LogP contribution is 2.31. The van der Waals surface area contributed by atoms with Gasteiger partial charge in [-0.15, -0.1) is 0 Å². The Morgan fingerprint density at radius 2 is 2.22 bits per heavy atom. The lowest BCUT2D eigenvalue weighted by molar-refractivity contribution is -0.117. The molecule has 1 atom stereocenters. The molecule has 0 unspecified atom stereocenters. The molecule has 0 fully saturated rings. The summed E-state index contributed by atoms with van der Waals surface area (Å²) in [5, 5.41) is 3.24. The molecule has 2 heterocycles. The highest BCUT2D eigenvalue weighted by Gasteiger charge is 2.29. The predicted octanol–water partition coefficient (Wildman–Crippen LogP) is 3.05. The largest absolute Gasteiger partial charge is 0.321 e. The first-order valence-electron chi connectivity index (χ1n) is 5.93. The summed E-state index contributed by atoms with van der Waals surface area (Å²) < 4.78 is 0. The quantitative estimate of drug-likeness (QED) is 0.836. The molecular weight excluding hydrogens is 250 g/mol. The van der Waals surface area contributed by atoms with E-state index in [1.807, 2.05) is 24.1 Å². The maximum absolute atomic E-state index is 11.8. The molecule has 1 amide bonds. The molecule has 5 heteroatoms. The Hall–Kier alpha value is -1.55. The minimum Gasteiger partial charge on any atom is -0.321 e. The molecular formula is C13H16ClN3O.